The molecule has 1 heterocycles. The fourth-order valence-electron chi connectivity index (χ4n) is 2.81. The topological polar surface area (TPSA) is 47.4 Å². The van der Waals surface area contributed by atoms with E-state index in [-0.39, 0.29) is 23.5 Å². The number of aromatic nitrogens is 2. The maximum Gasteiger partial charge on any atom is 0.573 e. The average Bonchev–Trinajstić information content (AvgIpc) is 3.19. The minimum Gasteiger partial charge on any atom is -0.406 e. The number of halogens is 3. The van der Waals surface area contributed by atoms with Gasteiger partial charge in [0.15, 0.2) is 0 Å². The first-order valence-corrected chi connectivity index (χ1v) is 7.37. The number of ether oxygens (including phenoxy) is 1. The summed E-state index contributed by atoms with van der Waals surface area (Å²) >= 11 is 0. The molecule has 2 atom stereocenters. The number of aryl methyl sites for hydroxylation is 1. The van der Waals surface area contributed by atoms with Crippen molar-refractivity contribution < 1.29 is 22.7 Å². The van der Waals surface area contributed by atoms with E-state index in [1.165, 1.54) is 12.1 Å². The van der Waals surface area contributed by atoms with Crippen molar-refractivity contribution in [3.8, 4) is 5.75 Å². The van der Waals surface area contributed by atoms with Gasteiger partial charge in [-0.1, -0.05) is 12.1 Å². The normalized spacial score (nSPS) is 19.9. The molecular weight excluding hydrogens is 323 g/mol. The highest BCUT2D eigenvalue weighted by Gasteiger charge is 2.45. The van der Waals surface area contributed by atoms with Crippen LogP contribution >= 0.6 is 0 Å². The molecule has 0 radical (unpaired) electrons. The van der Waals surface area contributed by atoms with Crippen LogP contribution in [0.1, 0.15) is 17.9 Å². The van der Waals surface area contributed by atoms with E-state index < -0.39 is 6.36 Å². The van der Waals surface area contributed by atoms with Crippen LogP contribution in [0.4, 0.5) is 19.0 Å². The van der Waals surface area contributed by atoms with Crippen LogP contribution in [0.5, 0.6) is 5.75 Å². The summed E-state index contributed by atoms with van der Waals surface area (Å²) in [6, 6.07) is 7.44. The molecule has 8 heteroatoms. The van der Waals surface area contributed by atoms with Crippen LogP contribution in [0.25, 0.3) is 0 Å². The summed E-state index contributed by atoms with van der Waals surface area (Å²) in [7, 11) is 3.44. The Morgan fingerprint density at radius 2 is 1.96 bits per heavy atom. The lowest BCUT2D eigenvalue weighted by molar-refractivity contribution is -0.274. The molecule has 0 bridgehead atoms. The maximum absolute atomic E-state index is 12.5. The lowest BCUT2D eigenvalue weighted by Crippen LogP contribution is -2.29. The Kier molecular flexibility index (Phi) is 3.98. The van der Waals surface area contributed by atoms with Crippen molar-refractivity contribution >= 4 is 11.7 Å². The third kappa shape index (κ3) is 3.37. The Labute approximate surface area is 136 Å². The monoisotopic (exact) mass is 339 g/mol. The molecule has 3 rings (SSSR count). The summed E-state index contributed by atoms with van der Waals surface area (Å²) in [5, 5.41) is 4.03. The maximum atomic E-state index is 12.5. The first-order valence-electron chi connectivity index (χ1n) is 7.37. The Hall–Kier alpha value is -2.51. The number of hydrogen-bond donors (Lipinski definition) is 0. The van der Waals surface area contributed by atoms with Gasteiger partial charge in [-0.2, -0.15) is 5.10 Å². The second kappa shape index (κ2) is 5.85. The van der Waals surface area contributed by atoms with E-state index in [0.29, 0.717) is 12.2 Å². The van der Waals surface area contributed by atoms with Crippen molar-refractivity contribution in [1.29, 1.82) is 0 Å². The van der Waals surface area contributed by atoms with Gasteiger partial charge in [0.05, 0.1) is 6.20 Å². The number of anilines is 1. The minimum atomic E-state index is -4.70. The summed E-state index contributed by atoms with van der Waals surface area (Å²) in [6.45, 7) is 0. The van der Waals surface area contributed by atoms with E-state index in [2.05, 4.69) is 9.84 Å². The van der Waals surface area contributed by atoms with Crippen molar-refractivity contribution in [2.75, 3.05) is 11.9 Å². The van der Waals surface area contributed by atoms with Crippen molar-refractivity contribution in [1.82, 2.24) is 9.78 Å². The zero-order valence-electron chi connectivity index (χ0n) is 13.1. The number of rotatable bonds is 4. The van der Waals surface area contributed by atoms with Gasteiger partial charge in [0.1, 0.15) is 11.6 Å². The smallest absolute Gasteiger partial charge is 0.406 e. The molecule has 128 valence electrons. The van der Waals surface area contributed by atoms with Gasteiger partial charge in [0.25, 0.3) is 0 Å². The zero-order chi connectivity index (χ0) is 17.5. The molecule has 0 saturated heterocycles. The van der Waals surface area contributed by atoms with Crippen LogP contribution in [0, 0.1) is 5.92 Å². The van der Waals surface area contributed by atoms with Crippen molar-refractivity contribution in [3.63, 3.8) is 0 Å². The molecule has 0 spiro atoms. The van der Waals surface area contributed by atoms with Gasteiger partial charge in [-0.15, -0.1) is 13.2 Å². The largest absolute Gasteiger partial charge is 0.573 e. The molecular formula is C16H16F3N3O2. The van der Waals surface area contributed by atoms with Crippen LogP contribution in [0.2, 0.25) is 0 Å². The summed E-state index contributed by atoms with van der Waals surface area (Å²) < 4.78 is 41.9. The van der Waals surface area contributed by atoms with Crippen molar-refractivity contribution in [2.24, 2.45) is 13.0 Å². The second-order valence-corrected chi connectivity index (χ2v) is 5.78. The lowest BCUT2D eigenvalue weighted by atomic mass is 10.1. The van der Waals surface area contributed by atoms with Crippen LogP contribution in [0.15, 0.2) is 36.5 Å². The molecule has 1 saturated carbocycles. The van der Waals surface area contributed by atoms with Crippen LogP contribution in [0.3, 0.4) is 0 Å². The highest BCUT2D eigenvalue weighted by Crippen LogP contribution is 2.49. The number of benzene rings is 1. The lowest BCUT2D eigenvalue weighted by Gasteiger charge is -2.17. The highest BCUT2D eigenvalue weighted by molar-refractivity contribution is 5.96. The van der Waals surface area contributed by atoms with Crippen LogP contribution < -0.4 is 9.64 Å². The fourth-order valence-corrected chi connectivity index (χ4v) is 2.81. The molecule has 1 aliphatic carbocycles. The quantitative estimate of drug-likeness (QED) is 0.860. The van der Waals surface area contributed by atoms with Gasteiger partial charge in [0, 0.05) is 26.1 Å². The SMILES string of the molecule is CN(C(=O)[C@@H]1C[C@H]1c1ccc(OC(F)(F)F)cc1)c1ccnn1C. The molecule has 5 nitrogen and oxygen atoms in total. The number of alkyl halides is 3. The van der Waals surface area contributed by atoms with Gasteiger partial charge in [0.2, 0.25) is 5.91 Å². The molecule has 0 aliphatic heterocycles. The van der Waals surface area contributed by atoms with E-state index >= 15 is 0 Å². The van der Waals surface area contributed by atoms with E-state index in [1.807, 2.05) is 0 Å². The molecule has 0 N–H and O–H groups in total. The van der Waals surface area contributed by atoms with Crippen LogP contribution in [-0.4, -0.2) is 29.1 Å². The number of nitrogens with zero attached hydrogens (tertiary/aromatic N) is 3. The van der Waals surface area contributed by atoms with Gasteiger partial charge >= 0.3 is 6.36 Å². The van der Waals surface area contributed by atoms with Gasteiger partial charge in [-0.05, 0) is 30.0 Å². The summed E-state index contributed by atoms with van der Waals surface area (Å²) in [5.41, 5.74) is 0.835. The predicted molar refractivity (Wildman–Crippen MR) is 80.6 cm³/mol. The molecule has 0 unspecified atom stereocenters. The highest BCUT2D eigenvalue weighted by atomic mass is 19.4. The van der Waals surface area contributed by atoms with E-state index in [1.54, 1.807) is 48.1 Å². The van der Waals surface area contributed by atoms with Gasteiger partial charge in [-0.3, -0.25) is 14.4 Å². The third-order valence-electron chi connectivity index (χ3n) is 4.12. The number of carbonyl (C=O) groups excluding carboxylic acids is 1. The van der Waals surface area contributed by atoms with E-state index in [4.69, 9.17) is 0 Å². The Balaban J connectivity index is 1.64. The summed E-state index contributed by atoms with van der Waals surface area (Å²) in [5.74, 6) is 0.257. The van der Waals surface area contributed by atoms with Crippen molar-refractivity contribution in [3.05, 3.63) is 42.1 Å². The summed E-state index contributed by atoms with van der Waals surface area (Å²) in [6.07, 6.45) is -2.41. The number of carbonyl (C=O) groups is 1. The first kappa shape index (κ1) is 16.4. The molecule has 1 amide bonds. The Morgan fingerprint density at radius 1 is 1.29 bits per heavy atom. The molecule has 24 heavy (non-hydrogen) atoms. The van der Waals surface area contributed by atoms with Crippen LogP contribution in [-0.2, 0) is 11.8 Å². The number of amides is 1. The Bertz CT molecular complexity index is 740. The van der Waals surface area contributed by atoms with E-state index in [9.17, 15) is 18.0 Å². The summed E-state index contributed by atoms with van der Waals surface area (Å²) in [4.78, 5) is 14.1. The molecule has 1 aromatic heterocycles. The van der Waals surface area contributed by atoms with E-state index in [0.717, 1.165) is 5.56 Å². The number of hydrogen-bond acceptors (Lipinski definition) is 3. The zero-order valence-corrected chi connectivity index (χ0v) is 13.1. The predicted octanol–water partition coefficient (Wildman–Crippen LogP) is 3.09. The second-order valence-electron chi connectivity index (χ2n) is 5.78. The molecule has 2 aromatic rings. The standard InChI is InChI=1S/C16H16F3N3O2/c1-21(14-7-8-20-22(14)2)15(23)13-9-12(13)10-3-5-11(6-4-10)24-16(17,18)19/h3-8,12-13H,9H2,1-2H3/t12-,13+/m0/s1. The first-order chi connectivity index (χ1) is 11.3. The van der Waals surface area contributed by atoms with Crippen molar-refractivity contribution in [2.45, 2.75) is 18.7 Å². The fraction of sp³-hybridized carbons (Fsp3) is 0.375. The average molecular weight is 339 g/mol. The Morgan fingerprint density at radius 3 is 2.50 bits per heavy atom. The third-order valence-corrected chi connectivity index (χ3v) is 4.12. The van der Waals surface area contributed by atoms with Gasteiger partial charge < -0.3 is 4.74 Å². The van der Waals surface area contributed by atoms with Gasteiger partial charge in [-0.25, -0.2) is 0 Å². The molecule has 1 aliphatic rings. The minimum absolute atomic E-state index is 0.0214. The molecule has 1 aromatic carbocycles. The molecule has 1 fully saturated rings.